The molecule has 0 fully saturated rings. The summed E-state index contributed by atoms with van der Waals surface area (Å²) in [4.78, 5) is 12.3. The summed E-state index contributed by atoms with van der Waals surface area (Å²) in [6.07, 6.45) is 0. The summed E-state index contributed by atoms with van der Waals surface area (Å²) < 4.78 is 13.7. The van der Waals surface area contributed by atoms with Gasteiger partial charge in [0.25, 0.3) is 0 Å². The molecule has 0 aliphatic heterocycles. The summed E-state index contributed by atoms with van der Waals surface area (Å²) in [6, 6.07) is 4.79. The number of hydrogen-bond acceptors (Lipinski definition) is 3. The molecule has 0 unspecified atom stereocenters. The van der Waals surface area contributed by atoms with E-state index in [4.69, 9.17) is 5.73 Å². The van der Waals surface area contributed by atoms with Crippen LogP contribution < -0.4 is 11.1 Å². The van der Waals surface area contributed by atoms with Gasteiger partial charge in [0.15, 0.2) is 0 Å². The Kier molecular flexibility index (Phi) is 3.85. The van der Waals surface area contributed by atoms with E-state index in [-0.39, 0.29) is 5.56 Å². The molecule has 2 aromatic rings. The highest BCUT2D eigenvalue weighted by Gasteiger charge is 2.10. The molecule has 1 aromatic heterocycles. The summed E-state index contributed by atoms with van der Waals surface area (Å²) in [6.45, 7) is 4.30. The molecule has 0 saturated heterocycles. The minimum Gasteiger partial charge on any atom is -0.380 e. The lowest BCUT2D eigenvalue weighted by atomic mass is 10.1. The maximum Gasteiger partial charge on any atom is 0.248 e. The summed E-state index contributed by atoms with van der Waals surface area (Å²) in [5.41, 5.74) is 7.64. The molecule has 1 heterocycles. The fourth-order valence-corrected chi connectivity index (χ4v) is 2.61. The number of aryl methyl sites for hydroxylation is 1. The van der Waals surface area contributed by atoms with Crippen molar-refractivity contribution in [1.29, 1.82) is 0 Å². The first-order chi connectivity index (χ1) is 8.99. The SMILES string of the molecule is Cc1ccsc1CNc1cc(C(N)=O)cc(F)c1C. The largest absolute Gasteiger partial charge is 0.380 e. The van der Waals surface area contributed by atoms with Crippen LogP contribution in [0.3, 0.4) is 0 Å². The van der Waals surface area contributed by atoms with E-state index in [1.807, 2.05) is 18.4 Å². The van der Waals surface area contributed by atoms with Crippen LogP contribution in [-0.2, 0) is 6.54 Å². The summed E-state index contributed by atoms with van der Waals surface area (Å²) in [7, 11) is 0. The highest BCUT2D eigenvalue weighted by Crippen LogP contribution is 2.23. The minimum atomic E-state index is -0.630. The lowest BCUT2D eigenvalue weighted by Gasteiger charge is -2.11. The molecule has 0 radical (unpaired) electrons. The molecule has 0 saturated carbocycles. The first kappa shape index (κ1) is 13.5. The van der Waals surface area contributed by atoms with E-state index in [2.05, 4.69) is 5.32 Å². The zero-order chi connectivity index (χ0) is 14.0. The quantitative estimate of drug-likeness (QED) is 0.902. The predicted octanol–water partition coefficient (Wildman–Crippen LogP) is 3.22. The highest BCUT2D eigenvalue weighted by atomic mass is 32.1. The van der Waals surface area contributed by atoms with E-state index < -0.39 is 11.7 Å². The third-order valence-electron chi connectivity index (χ3n) is 3.04. The molecule has 0 aliphatic carbocycles. The van der Waals surface area contributed by atoms with Crippen molar-refractivity contribution in [2.24, 2.45) is 5.73 Å². The number of carbonyl (C=O) groups excluding carboxylic acids is 1. The molecule has 5 heteroatoms. The first-order valence-electron chi connectivity index (χ1n) is 5.86. The maximum absolute atomic E-state index is 13.7. The average Bonchev–Trinajstić information content (AvgIpc) is 2.76. The Balaban J connectivity index is 2.24. The van der Waals surface area contributed by atoms with Crippen LogP contribution in [0, 0.1) is 19.7 Å². The number of primary amides is 1. The number of benzene rings is 1. The van der Waals surface area contributed by atoms with Crippen molar-refractivity contribution in [3.8, 4) is 0 Å². The molecule has 3 nitrogen and oxygen atoms in total. The van der Waals surface area contributed by atoms with Crippen LogP contribution in [0.1, 0.15) is 26.4 Å². The molecule has 3 N–H and O–H groups in total. The van der Waals surface area contributed by atoms with Crippen molar-refractivity contribution in [1.82, 2.24) is 0 Å². The third-order valence-corrected chi connectivity index (χ3v) is 4.06. The lowest BCUT2D eigenvalue weighted by molar-refractivity contribution is 0.1000. The normalized spacial score (nSPS) is 10.5. The number of hydrogen-bond donors (Lipinski definition) is 2. The molecule has 1 aromatic carbocycles. The second kappa shape index (κ2) is 5.40. The minimum absolute atomic E-state index is 0.175. The standard InChI is InChI=1S/C14H15FN2OS/c1-8-3-4-19-13(8)7-17-12-6-10(14(16)18)5-11(15)9(12)2/h3-6,17H,7H2,1-2H3,(H2,16,18). The molecule has 1 amide bonds. The zero-order valence-electron chi connectivity index (χ0n) is 10.8. The van der Waals surface area contributed by atoms with Gasteiger partial charge in [0.05, 0.1) is 0 Å². The van der Waals surface area contributed by atoms with Crippen LogP contribution in [0.5, 0.6) is 0 Å². The van der Waals surface area contributed by atoms with Crippen molar-refractivity contribution in [3.05, 3.63) is 51.0 Å². The molecule has 19 heavy (non-hydrogen) atoms. The van der Waals surface area contributed by atoms with Crippen molar-refractivity contribution >= 4 is 22.9 Å². The van der Waals surface area contributed by atoms with Gasteiger partial charge in [-0.3, -0.25) is 4.79 Å². The van der Waals surface area contributed by atoms with Crippen molar-refractivity contribution in [3.63, 3.8) is 0 Å². The number of rotatable bonds is 4. The van der Waals surface area contributed by atoms with Gasteiger partial charge in [0.2, 0.25) is 5.91 Å². The van der Waals surface area contributed by atoms with Crippen LogP contribution in [-0.4, -0.2) is 5.91 Å². The van der Waals surface area contributed by atoms with Crippen LogP contribution >= 0.6 is 11.3 Å². The zero-order valence-corrected chi connectivity index (χ0v) is 11.6. The summed E-state index contributed by atoms with van der Waals surface area (Å²) >= 11 is 1.64. The predicted molar refractivity (Wildman–Crippen MR) is 76.0 cm³/mol. The monoisotopic (exact) mass is 278 g/mol. The molecule has 0 atom stereocenters. The van der Waals surface area contributed by atoms with Gasteiger partial charge in [0, 0.05) is 28.2 Å². The van der Waals surface area contributed by atoms with Crippen molar-refractivity contribution < 1.29 is 9.18 Å². The smallest absolute Gasteiger partial charge is 0.248 e. The molecule has 0 spiro atoms. The number of nitrogens with two attached hydrogens (primary N) is 1. The first-order valence-corrected chi connectivity index (χ1v) is 6.74. The van der Waals surface area contributed by atoms with Gasteiger partial charge in [0.1, 0.15) is 5.82 Å². The molecule has 2 rings (SSSR count). The van der Waals surface area contributed by atoms with Gasteiger partial charge in [-0.25, -0.2) is 4.39 Å². The molecular formula is C14H15FN2OS. The van der Waals surface area contributed by atoms with E-state index >= 15 is 0 Å². The van der Waals surface area contributed by atoms with E-state index in [1.54, 1.807) is 24.3 Å². The molecular weight excluding hydrogens is 263 g/mol. The number of halogens is 1. The number of anilines is 1. The van der Waals surface area contributed by atoms with E-state index in [1.165, 1.54) is 16.5 Å². The van der Waals surface area contributed by atoms with Gasteiger partial charge in [-0.05, 0) is 43.0 Å². The van der Waals surface area contributed by atoms with Crippen LogP contribution in [0.4, 0.5) is 10.1 Å². The fourth-order valence-electron chi connectivity index (χ4n) is 1.77. The van der Waals surface area contributed by atoms with Crippen LogP contribution in [0.25, 0.3) is 0 Å². The van der Waals surface area contributed by atoms with Gasteiger partial charge >= 0.3 is 0 Å². The van der Waals surface area contributed by atoms with E-state index in [9.17, 15) is 9.18 Å². The topological polar surface area (TPSA) is 55.1 Å². The van der Waals surface area contributed by atoms with E-state index in [0.29, 0.717) is 17.8 Å². The second-order valence-electron chi connectivity index (χ2n) is 4.38. The van der Waals surface area contributed by atoms with Crippen LogP contribution in [0.15, 0.2) is 23.6 Å². The van der Waals surface area contributed by atoms with Gasteiger partial charge in [-0.1, -0.05) is 0 Å². The molecule has 0 bridgehead atoms. The van der Waals surface area contributed by atoms with E-state index in [0.717, 1.165) is 0 Å². The Morgan fingerprint density at radius 3 is 2.74 bits per heavy atom. The Morgan fingerprint density at radius 2 is 2.16 bits per heavy atom. The number of nitrogens with one attached hydrogen (secondary N) is 1. The van der Waals surface area contributed by atoms with Crippen LogP contribution in [0.2, 0.25) is 0 Å². The van der Waals surface area contributed by atoms with Gasteiger partial charge < -0.3 is 11.1 Å². The molecule has 0 aliphatic rings. The lowest BCUT2D eigenvalue weighted by Crippen LogP contribution is -2.13. The maximum atomic E-state index is 13.7. The Labute approximate surface area is 115 Å². The Bertz CT molecular complexity index is 622. The Morgan fingerprint density at radius 1 is 1.42 bits per heavy atom. The number of amides is 1. The fraction of sp³-hybridized carbons (Fsp3) is 0.214. The van der Waals surface area contributed by atoms with Gasteiger partial charge in [-0.15, -0.1) is 11.3 Å². The van der Waals surface area contributed by atoms with Crippen molar-refractivity contribution in [2.75, 3.05) is 5.32 Å². The van der Waals surface area contributed by atoms with Crippen molar-refractivity contribution in [2.45, 2.75) is 20.4 Å². The molecule has 100 valence electrons. The summed E-state index contributed by atoms with van der Waals surface area (Å²) in [5.74, 6) is -1.06. The number of thiophene rings is 1. The Hall–Kier alpha value is -1.88. The second-order valence-corrected chi connectivity index (χ2v) is 5.38. The number of carbonyl (C=O) groups is 1. The summed E-state index contributed by atoms with van der Waals surface area (Å²) in [5, 5.41) is 5.17. The van der Waals surface area contributed by atoms with Gasteiger partial charge in [-0.2, -0.15) is 0 Å². The average molecular weight is 278 g/mol. The third kappa shape index (κ3) is 2.93. The highest BCUT2D eigenvalue weighted by molar-refractivity contribution is 7.10.